The van der Waals surface area contributed by atoms with E-state index in [2.05, 4.69) is 85.8 Å². The SMILES string of the molecule is CCC(C)(CC)c1ccc(S(=O)(=O)c2ccc(Oc3ccc(C(C)(C)C4=CCC(OC(C)(C)C)C=C4)cc3)cc2)cc1. The van der Waals surface area contributed by atoms with Crippen LogP contribution in [0.15, 0.2) is 106 Å². The lowest BCUT2D eigenvalue weighted by molar-refractivity contribution is -0.0370. The van der Waals surface area contributed by atoms with Gasteiger partial charge in [0.1, 0.15) is 11.5 Å². The molecule has 3 aromatic carbocycles. The molecule has 0 aliphatic heterocycles. The fraction of sp³-hybridized carbons (Fsp3) is 0.405. The van der Waals surface area contributed by atoms with Crippen LogP contribution in [0.3, 0.4) is 0 Å². The van der Waals surface area contributed by atoms with Crippen molar-refractivity contribution in [2.24, 2.45) is 0 Å². The second kappa shape index (κ2) is 12.2. The summed E-state index contributed by atoms with van der Waals surface area (Å²) < 4.78 is 38.7. The first-order valence-corrected chi connectivity index (χ1v) is 16.5. The van der Waals surface area contributed by atoms with Gasteiger partial charge in [-0.1, -0.05) is 77.1 Å². The molecule has 5 heteroatoms. The van der Waals surface area contributed by atoms with Crippen molar-refractivity contribution in [1.82, 2.24) is 0 Å². The van der Waals surface area contributed by atoms with Gasteiger partial charge in [-0.3, -0.25) is 0 Å². The third-order valence-electron chi connectivity index (χ3n) is 8.66. The third-order valence-corrected chi connectivity index (χ3v) is 10.4. The summed E-state index contributed by atoms with van der Waals surface area (Å²) in [6.07, 6.45) is 9.59. The minimum atomic E-state index is -3.62. The van der Waals surface area contributed by atoms with E-state index in [1.165, 1.54) is 11.1 Å². The second-order valence-corrected chi connectivity index (χ2v) is 15.0. The lowest BCUT2D eigenvalue weighted by Crippen LogP contribution is -2.28. The van der Waals surface area contributed by atoms with E-state index in [9.17, 15) is 8.42 Å². The number of sulfone groups is 1. The van der Waals surface area contributed by atoms with E-state index in [1.807, 2.05) is 24.3 Å². The standard InChI is InChI=1S/C37H46O4S/c1-9-37(8,10-2)29-15-23-33(24-16-29)42(38,39)34-25-21-31(22-26-34)40-30-17-11-27(12-18-30)36(6,7)28-13-19-32(20-14-28)41-35(3,4)5/h11-19,21-26,32H,9-10,20H2,1-8H3. The molecule has 0 aromatic heterocycles. The molecule has 1 aliphatic rings. The van der Waals surface area contributed by atoms with Crippen molar-refractivity contribution in [3.8, 4) is 11.5 Å². The summed E-state index contributed by atoms with van der Waals surface area (Å²) in [5.41, 5.74) is 3.33. The second-order valence-electron chi connectivity index (χ2n) is 13.0. The van der Waals surface area contributed by atoms with Crippen LogP contribution in [0.1, 0.15) is 85.8 Å². The molecule has 0 saturated carbocycles. The quantitative estimate of drug-likeness (QED) is 0.237. The molecule has 0 fully saturated rings. The first-order valence-electron chi connectivity index (χ1n) is 15.0. The summed E-state index contributed by atoms with van der Waals surface area (Å²) in [6.45, 7) is 17.2. The normalized spacial score (nSPS) is 16.3. The molecule has 0 bridgehead atoms. The first-order chi connectivity index (χ1) is 19.7. The lowest BCUT2D eigenvalue weighted by atomic mass is 9.75. The number of hydrogen-bond acceptors (Lipinski definition) is 4. The van der Waals surface area contributed by atoms with E-state index in [0.717, 1.165) is 24.8 Å². The number of allylic oxidation sites excluding steroid dienone is 2. The monoisotopic (exact) mass is 586 g/mol. The van der Waals surface area contributed by atoms with Gasteiger partial charge in [-0.25, -0.2) is 8.42 Å². The Kier molecular flexibility index (Phi) is 9.25. The number of ether oxygens (including phenoxy) is 2. The molecule has 42 heavy (non-hydrogen) atoms. The Morgan fingerprint density at radius 2 is 1.19 bits per heavy atom. The number of benzene rings is 3. The van der Waals surface area contributed by atoms with Gasteiger partial charge in [0.25, 0.3) is 0 Å². The maximum atomic E-state index is 13.3. The van der Waals surface area contributed by atoms with Crippen molar-refractivity contribution in [1.29, 1.82) is 0 Å². The average molecular weight is 587 g/mol. The van der Waals surface area contributed by atoms with Crippen LogP contribution in [-0.2, 0) is 25.4 Å². The summed E-state index contributed by atoms with van der Waals surface area (Å²) in [5.74, 6) is 1.28. The molecule has 0 heterocycles. The van der Waals surface area contributed by atoms with Gasteiger partial charge in [0.05, 0.1) is 21.5 Å². The van der Waals surface area contributed by atoms with E-state index < -0.39 is 9.84 Å². The Hall–Kier alpha value is -3.15. The van der Waals surface area contributed by atoms with Crippen LogP contribution in [0.4, 0.5) is 0 Å². The van der Waals surface area contributed by atoms with Crippen LogP contribution in [0.2, 0.25) is 0 Å². The highest BCUT2D eigenvalue weighted by atomic mass is 32.2. The summed E-state index contributed by atoms with van der Waals surface area (Å²) >= 11 is 0. The molecule has 3 aromatic rings. The molecule has 224 valence electrons. The van der Waals surface area contributed by atoms with Gasteiger partial charge in [-0.2, -0.15) is 0 Å². The maximum absolute atomic E-state index is 13.3. The molecule has 0 radical (unpaired) electrons. The summed E-state index contributed by atoms with van der Waals surface area (Å²) in [5, 5.41) is 0. The van der Waals surface area contributed by atoms with Gasteiger partial charge in [-0.05, 0) is 111 Å². The molecule has 1 aliphatic carbocycles. The average Bonchev–Trinajstić information content (AvgIpc) is 2.97. The lowest BCUT2D eigenvalue weighted by Gasteiger charge is -2.32. The Labute approximate surface area is 253 Å². The first kappa shape index (κ1) is 31.8. The van der Waals surface area contributed by atoms with Crippen molar-refractivity contribution in [3.05, 3.63) is 108 Å². The fourth-order valence-corrected chi connectivity index (χ4v) is 6.63. The van der Waals surface area contributed by atoms with Crippen molar-refractivity contribution in [2.45, 2.75) is 107 Å². The number of hydrogen-bond donors (Lipinski definition) is 0. The van der Waals surface area contributed by atoms with Gasteiger partial charge in [0, 0.05) is 5.41 Å². The van der Waals surface area contributed by atoms with E-state index in [0.29, 0.717) is 16.4 Å². The van der Waals surface area contributed by atoms with E-state index >= 15 is 0 Å². The number of rotatable bonds is 10. The molecular formula is C37H46O4S. The van der Waals surface area contributed by atoms with Gasteiger partial charge in [0.2, 0.25) is 9.84 Å². The summed E-state index contributed by atoms with van der Waals surface area (Å²) in [4.78, 5) is 0.547. The van der Waals surface area contributed by atoms with Crippen LogP contribution >= 0.6 is 0 Å². The van der Waals surface area contributed by atoms with Crippen molar-refractivity contribution < 1.29 is 17.9 Å². The fourth-order valence-electron chi connectivity index (χ4n) is 5.37. The highest BCUT2D eigenvalue weighted by Crippen LogP contribution is 2.37. The molecule has 0 saturated heterocycles. The van der Waals surface area contributed by atoms with E-state index in [-0.39, 0.29) is 27.4 Å². The highest BCUT2D eigenvalue weighted by molar-refractivity contribution is 7.91. The topological polar surface area (TPSA) is 52.6 Å². The zero-order valence-electron chi connectivity index (χ0n) is 26.4. The Morgan fingerprint density at radius 1 is 0.714 bits per heavy atom. The molecule has 1 atom stereocenters. The molecule has 0 amide bonds. The summed E-state index contributed by atoms with van der Waals surface area (Å²) in [7, 11) is -3.62. The third kappa shape index (κ3) is 7.07. The molecule has 1 unspecified atom stereocenters. The summed E-state index contributed by atoms with van der Waals surface area (Å²) in [6, 6.07) is 22.1. The predicted molar refractivity (Wildman–Crippen MR) is 172 cm³/mol. The molecule has 4 rings (SSSR count). The maximum Gasteiger partial charge on any atom is 0.206 e. The van der Waals surface area contributed by atoms with Crippen LogP contribution in [0.5, 0.6) is 11.5 Å². The highest BCUT2D eigenvalue weighted by Gasteiger charge is 2.28. The van der Waals surface area contributed by atoms with Gasteiger partial charge < -0.3 is 9.47 Å². The smallest absolute Gasteiger partial charge is 0.206 e. The Morgan fingerprint density at radius 3 is 1.64 bits per heavy atom. The van der Waals surface area contributed by atoms with Gasteiger partial charge >= 0.3 is 0 Å². The molecule has 0 spiro atoms. The zero-order chi connectivity index (χ0) is 30.8. The predicted octanol–water partition coefficient (Wildman–Crippen LogP) is 9.74. The Bertz CT molecular complexity index is 1520. The van der Waals surface area contributed by atoms with E-state index in [1.54, 1.807) is 36.4 Å². The Balaban J connectivity index is 1.42. The van der Waals surface area contributed by atoms with Gasteiger partial charge in [-0.15, -0.1) is 0 Å². The minimum Gasteiger partial charge on any atom is -0.457 e. The molecular weight excluding hydrogens is 540 g/mol. The van der Waals surface area contributed by atoms with Gasteiger partial charge in [0.15, 0.2) is 0 Å². The van der Waals surface area contributed by atoms with Crippen LogP contribution in [-0.4, -0.2) is 20.1 Å². The van der Waals surface area contributed by atoms with Crippen LogP contribution in [0.25, 0.3) is 0 Å². The van der Waals surface area contributed by atoms with Crippen molar-refractivity contribution in [2.75, 3.05) is 0 Å². The van der Waals surface area contributed by atoms with Crippen molar-refractivity contribution in [3.63, 3.8) is 0 Å². The van der Waals surface area contributed by atoms with Crippen LogP contribution < -0.4 is 4.74 Å². The van der Waals surface area contributed by atoms with Crippen LogP contribution in [0, 0.1) is 0 Å². The molecule has 0 N–H and O–H groups in total. The molecule has 4 nitrogen and oxygen atoms in total. The van der Waals surface area contributed by atoms with E-state index in [4.69, 9.17) is 9.47 Å². The minimum absolute atomic E-state index is 0.0461. The van der Waals surface area contributed by atoms with Crippen molar-refractivity contribution >= 4 is 9.84 Å². The zero-order valence-corrected chi connectivity index (χ0v) is 27.2. The largest absolute Gasteiger partial charge is 0.457 e.